The van der Waals surface area contributed by atoms with E-state index in [0.29, 0.717) is 29.8 Å². The standard InChI is InChI=1S/C11H15BrF3N3O2/c1-7(19)3-2-4-16-8-5-17-18(6-11(13,14)15)10(20)9(8)12/h5,7,16,19H,2-4,6H2,1H3. The first-order valence-electron chi connectivity index (χ1n) is 5.95. The number of hydrogen-bond donors (Lipinski definition) is 2. The van der Waals surface area contributed by atoms with E-state index in [0.717, 1.165) is 0 Å². The third-order valence-electron chi connectivity index (χ3n) is 2.43. The molecule has 0 saturated carbocycles. The van der Waals surface area contributed by atoms with E-state index in [4.69, 9.17) is 5.11 Å². The van der Waals surface area contributed by atoms with Crippen molar-refractivity contribution in [3.8, 4) is 0 Å². The van der Waals surface area contributed by atoms with Gasteiger partial charge in [0.05, 0.1) is 18.0 Å². The second kappa shape index (κ2) is 7.07. The van der Waals surface area contributed by atoms with Gasteiger partial charge in [-0.25, -0.2) is 4.68 Å². The molecule has 0 bridgehead atoms. The molecule has 0 aliphatic heterocycles. The predicted octanol–water partition coefficient (Wildman–Crippen LogP) is 2.14. The van der Waals surface area contributed by atoms with Gasteiger partial charge in [-0.3, -0.25) is 4.79 Å². The molecule has 0 radical (unpaired) electrons. The minimum atomic E-state index is -4.50. The van der Waals surface area contributed by atoms with Crippen LogP contribution < -0.4 is 10.9 Å². The number of aromatic nitrogens is 2. The molecule has 1 atom stereocenters. The molecule has 114 valence electrons. The highest BCUT2D eigenvalue weighted by atomic mass is 79.9. The van der Waals surface area contributed by atoms with Crippen LogP contribution in [0.5, 0.6) is 0 Å². The lowest BCUT2D eigenvalue weighted by atomic mass is 10.2. The molecule has 2 N–H and O–H groups in total. The summed E-state index contributed by atoms with van der Waals surface area (Å²) < 4.78 is 37.0. The fourth-order valence-corrected chi connectivity index (χ4v) is 1.94. The average molecular weight is 358 g/mol. The summed E-state index contributed by atoms with van der Waals surface area (Å²) >= 11 is 2.97. The van der Waals surface area contributed by atoms with Gasteiger partial charge in [-0.15, -0.1) is 0 Å². The Morgan fingerprint density at radius 3 is 2.75 bits per heavy atom. The molecule has 9 heteroatoms. The lowest BCUT2D eigenvalue weighted by Gasteiger charge is -2.12. The smallest absolute Gasteiger partial charge is 0.393 e. The largest absolute Gasteiger partial charge is 0.408 e. The van der Waals surface area contributed by atoms with E-state index in [1.54, 1.807) is 6.92 Å². The molecule has 0 aliphatic carbocycles. The molecule has 0 amide bonds. The first kappa shape index (κ1) is 17.0. The van der Waals surface area contributed by atoms with Crippen molar-refractivity contribution in [2.45, 2.75) is 38.6 Å². The Morgan fingerprint density at radius 2 is 2.20 bits per heavy atom. The van der Waals surface area contributed by atoms with Crippen molar-refractivity contribution in [3.63, 3.8) is 0 Å². The first-order valence-corrected chi connectivity index (χ1v) is 6.74. The second-order valence-corrected chi connectivity index (χ2v) is 5.16. The van der Waals surface area contributed by atoms with Gasteiger partial charge < -0.3 is 10.4 Å². The molecule has 1 unspecified atom stereocenters. The number of anilines is 1. The average Bonchev–Trinajstić information content (AvgIpc) is 2.31. The molecule has 1 aromatic rings. The molecule has 0 spiro atoms. The molecule has 0 aliphatic rings. The molecule has 0 saturated heterocycles. The van der Waals surface area contributed by atoms with Crippen LogP contribution in [0.25, 0.3) is 0 Å². The summed E-state index contributed by atoms with van der Waals surface area (Å²) in [5.41, 5.74) is -0.512. The zero-order valence-electron chi connectivity index (χ0n) is 10.7. The highest BCUT2D eigenvalue weighted by Crippen LogP contribution is 2.19. The fraction of sp³-hybridized carbons (Fsp3) is 0.636. The number of alkyl halides is 3. The van der Waals surface area contributed by atoms with Crippen LogP contribution in [-0.4, -0.2) is 33.7 Å². The van der Waals surface area contributed by atoms with Crippen molar-refractivity contribution >= 4 is 21.6 Å². The quantitative estimate of drug-likeness (QED) is 0.765. The molecule has 5 nitrogen and oxygen atoms in total. The molecular weight excluding hydrogens is 343 g/mol. The van der Waals surface area contributed by atoms with Crippen LogP contribution in [0, 0.1) is 0 Å². The lowest BCUT2D eigenvalue weighted by molar-refractivity contribution is -0.143. The molecule has 0 fully saturated rings. The summed E-state index contributed by atoms with van der Waals surface area (Å²) in [7, 11) is 0. The highest BCUT2D eigenvalue weighted by Gasteiger charge is 2.29. The van der Waals surface area contributed by atoms with Gasteiger partial charge in [0.25, 0.3) is 5.56 Å². The third-order valence-corrected chi connectivity index (χ3v) is 3.19. The third kappa shape index (κ3) is 5.49. The number of hydrogen-bond acceptors (Lipinski definition) is 4. The van der Waals surface area contributed by atoms with E-state index in [-0.39, 0.29) is 4.47 Å². The van der Waals surface area contributed by atoms with E-state index >= 15 is 0 Å². The van der Waals surface area contributed by atoms with Gasteiger partial charge in [-0.1, -0.05) is 0 Å². The topological polar surface area (TPSA) is 67.2 Å². The van der Waals surface area contributed by atoms with Gasteiger partial charge in [-0.2, -0.15) is 18.3 Å². The van der Waals surface area contributed by atoms with E-state index in [9.17, 15) is 18.0 Å². The fourth-order valence-electron chi connectivity index (χ4n) is 1.49. The Hall–Kier alpha value is -1.09. The van der Waals surface area contributed by atoms with Crippen molar-refractivity contribution in [3.05, 3.63) is 21.0 Å². The maximum absolute atomic E-state index is 12.2. The van der Waals surface area contributed by atoms with E-state index in [1.165, 1.54) is 6.20 Å². The summed E-state index contributed by atoms with van der Waals surface area (Å²) in [6.07, 6.45) is -2.50. The summed E-state index contributed by atoms with van der Waals surface area (Å²) in [6, 6.07) is 0. The minimum absolute atomic E-state index is 0.00815. The van der Waals surface area contributed by atoms with Crippen LogP contribution in [0.4, 0.5) is 18.9 Å². The maximum atomic E-state index is 12.2. The second-order valence-electron chi connectivity index (χ2n) is 4.37. The van der Waals surface area contributed by atoms with Crippen molar-refractivity contribution < 1.29 is 18.3 Å². The van der Waals surface area contributed by atoms with Crippen LogP contribution in [0.15, 0.2) is 15.5 Å². The van der Waals surface area contributed by atoms with E-state index < -0.39 is 24.4 Å². The normalized spacial score (nSPS) is 13.3. The van der Waals surface area contributed by atoms with Gasteiger partial charge in [0.1, 0.15) is 11.0 Å². The van der Waals surface area contributed by atoms with Crippen LogP contribution in [0.3, 0.4) is 0 Å². The predicted molar refractivity (Wildman–Crippen MR) is 71.7 cm³/mol. The zero-order valence-corrected chi connectivity index (χ0v) is 12.3. The van der Waals surface area contributed by atoms with Crippen molar-refractivity contribution in [2.75, 3.05) is 11.9 Å². The Balaban J connectivity index is 2.72. The van der Waals surface area contributed by atoms with Gasteiger partial charge in [0, 0.05) is 6.54 Å². The monoisotopic (exact) mass is 357 g/mol. The van der Waals surface area contributed by atoms with E-state index in [1.807, 2.05) is 0 Å². The SMILES string of the molecule is CC(O)CCCNc1cnn(CC(F)(F)F)c(=O)c1Br. The Labute approximate surface area is 121 Å². The molecule has 1 aromatic heterocycles. The number of nitrogens with one attached hydrogen (secondary N) is 1. The van der Waals surface area contributed by atoms with Crippen LogP contribution in [-0.2, 0) is 6.54 Å². The lowest BCUT2D eigenvalue weighted by Crippen LogP contribution is -2.31. The number of nitrogens with zero attached hydrogens (tertiary/aromatic N) is 2. The number of aliphatic hydroxyl groups excluding tert-OH is 1. The summed E-state index contributed by atoms with van der Waals surface area (Å²) in [6.45, 7) is 0.719. The van der Waals surface area contributed by atoms with Crippen molar-refractivity contribution in [1.29, 1.82) is 0 Å². The highest BCUT2D eigenvalue weighted by molar-refractivity contribution is 9.10. The van der Waals surface area contributed by atoms with Gasteiger partial charge in [0.2, 0.25) is 0 Å². The van der Waals surface area contributed by atoms with E-state index in [2.05, 4.69) is 26.3 Å². The summed E-state index contributed by atoms with van der Waals surface area (Å²) in [5.74, 6) is 0. The molecule has 0 aromatic carbocycles. The van der Waals surface area contributed by atoms with Gasteiger partial charge in [-0.05, 0) is 35.7 Å². The van der Waals surface area contributed by atoms with Crippen molar-refractivity contribution in [2.24, 2.45) is 0 Å². The summed E-state index contributed by atoms with van der Waals surface area (Å²) in [4.78, 5) is 11.7. The minimum Gasteiger partial charge on any atom is -0.393 e. The van der Waals surface area contributed by atoms with Gasteiger partial charge in [0.15, 0.2) is 0 Å². The number of aliphatic hydroxyl groups is 1. The zero-order chi connectivity index (χ0) is 15.3. The van der Waals surface area contributed by atoms with Crippen LogP contribution in [0.2, 0.25) is 0 Å². The number of rotatable bonds is 6. The van der Waals surface area contributed by atoms with Crippen molar-refractivity contribution in [1.82, 2.24) is 9.78 Å². The first-order chi connectivity index (χ1) is 9.20. The summed E-state index contributed by atoms with van der Waals surface area (Å²) in [5, 5.41) is 15.4. The van der Waals surface area contributed by atoms with Crippen LogP contribution >= 0.6 is 15.9 Å². The Kier molecular flexibility index (Phi) is 6.00. The molecule has 1 rings (SSSR count). The number of halogens is 4. The Morgan fingerprint density at radius 1 is 1.55 bits per heavy atom. The van der Waals surface area contributed by atoms with Gasteiger partial charge >= 0.3 is 6.18 Å². The molecule has 1 heterocycles. The molecular formula is C11H15BrF3N3O2. The maximum Gasteiger partial charge on any atom is 0.408 e. The Bertz CT molecular complexity index is 503. The molecule has 20 heavy (non-hydrogen) atoms. The van der Waals surface area contributed by atoms with Crippen LogP contribution in [0.1, 0.15) is 19.8 Å².